The van der Waals surface area contributed by atoms with Gasteiger partial charge >= 0.3 is 0 Å². The Hall–Kier alpha value is -0.660. The summed E-state index contributed by atoms with van der Waals surface area (Å²) in [5.74, 6) is 0. The van der Waals surface area contributed by atoms with Crippen molar-refractivity contribution in [1.29, 1.82) is 0 Å². The molecule has 0 saturated heterocycles. The minimum Gasteiger partial charge on any atom is -0.356 e. The van der Waals surface area contributed by atoms with Crippen LogP contribution in [0.15, 0.2) is 12.4 Å². The highest BCUT2D eigenvalue weighted by Gasteiger charge is 2.24. The Bertz CT molecular complexity index is 502. The summed E-state index contributed by atoms with van der Waals surface area (Å²) in [7, 11) is 0. The molecule has 0 fully saturated rings. The average Bonchev–Trinajstić information content (AvgIpc) is 3.33. The molecule has 232 valence electrons. The first-order valence-electron chi connectivity index (χ1n) is 18.5. The van der Waals surface area contributed by atoms with Gasteiger partial charge in [0.15, 0.2) is 0 Å². The summed E-state index contributed by atoms with van der Waals surface area (Å²) in [5, 5.41) is 0. The van der Waals surface area contributed by atoms with Crippen LogP contribution in [-0.2, 0) is 0 Å². The zero-order chi connectivity index (χ0) is 28.1. The summed E-state index contributed by atoms with van der Waals surface area (Å²) in [6, 6.07) is 0. The van der Waals surface area contributed by atoms with Gasteiger partial charge in [0.1, 0.15) is 6.17 Å². The van der Waals surface area contributed by atoms with Crippen molar-refractivity contribution in [2.24, 2.45) is 0 Å². The molecule has 1 aliphatic rings. The van der Waals surface area contributed by atoms with Gasteiger partial charge in [0.05, 0.1) is 0 Å². The monoisotopic (exact) mass is 547 g/mol. The van der Waals surface area contributed by atoms with Crippen LogP contribution in [0.1, 0.15) is 207 Å². The Balaban J connectivity index is 2.07. The van der Waals surface area contributed by atoms with Gasteiger partial charge in [-0.3, -0.25) is 0 Å². The normalized spacial score (nSPS) is 15.2. The maximum Gasteiger partial charge on any atom is 0.101 e. The molecule has 1 aliphatic heterocycles. The van der Waals surface area contributed by atoms with E-state index in [0.717, 1.165) is 0 Å². The lowest BCUT2D eigenvalue weighted by Crippen LogP contribution is -2.39. The van der Waals surface area contributed by atoms with Gasteiger partial charge in [0.25, 0.3) is 0 Å². The Kier molecular flexibility index (Phi) is 26.9. The molecule has 0 radical (unpaired) electrons. The quantitative estimate of drug-likeness (QED) is 0.0798. The lowest BCUT2D eigenvalue weighted by Gasteiger charge is -2.33. The summed E-state index contributed by atoms with van der Waals surface area (Å²) in [6.07, 6.45) is 47.0. The van der Waals surface area contributed by atoms with Crippen LogP contribution >= 0.6 is 0 Å². The lowest BCUT2D eigenvalue weighted by molar-refractivity contribution is 0.135. The van der Waals surface area contributed by atoms with Crippen LogP contribution in [0.5, 0.6) is 0 Å². The largest absolute Gasteiger partial charge is 0.356 e. The van der Waals surface area contributed by atoms with Crippen LogP contribution in [0.3, 0.4) is 0 Å². The van der Waals surface area contributed by atoms with Gasteiger partial charge in [-0.25, -0.2) is 0 Å². The van der Waals surface area contributed by atoms with Gasteiger partial charge in [-0.05, 0) is 25.7 Å². The van der Waals surface area contributed by atoms with E-state index in [1.165, 1.54) is 199 Å². The highest BCUT2D eigenvalue weighted by molar-refractivity contribution is 4.97. The molecule has 0 aromatic carbocycles. The molecule has 1 atom stereocenters. The van der Waals surface area contributed by atoms with Gasteiger partial charge in [-0.15, -0.1) is 0 Å². The van der Waals surface area contributed by atoms with Gasteiger partial charge in [-0.1, -0.05) is 181 Å². The van der Waals surface area contributed by atoms with E-state index in [1.807, 2.05) is 0 Å². The highest BCUT2D eigenvalue weighted by Crippen LogP contribution is 2.24. The van der Waals surface area contributed by atoms with Crippen LogP contribution in [0.2, 0.25) is 0 Å². The predicted octanol–water partition coefficient (Wildman–Crippen LogP) is 12.8. The van der Waals surface area contributed by atoms with E-state index >= 15 is 0 Å². The Morgan fingerprint density at radius 3 is 0.897 bits per heavy atom. The SMILES string of the molecule is CCCCCCCCCCCCCCCCCCN1C=CN(CCCCCCCCCC)C1CCCCCC. The maximum atomic E-state index is 2.69. The molecule has 0 amide bonds. The van der Waals surface area contributed by atoms with Crippen molar-refractivity contribution >= 4 is 0 Å². The second-order valence-corrected chi connectivity index (χ2v) is 12.9. The van der Waals surface area contributed by atoms with Crippen molar-refractivity contribution in [2.45, 2.75) is 213 Å². The topological polar surface area (TPSA) is 6.48 Å². The van der Waals surface area contributed by atoms with Gasteiger partial charge < -0.3 is 9.80 Å². The molecular weight excluding hydrogens is 472 g/mol. The van der Waals surface area contributed by atoms with Crippen molar-refractivity contribution in [1.82, 2.24) is 9.80 Å². The number of hydrogen-bond acceptors (Lipinski definition) is 2. The summed E-state index contributed by atoms with van der Waals surface area (Å²) in [5.41, 5.74) is 0. The maximum absolute atomic E-state index is 2.69. The minimum absolute atomic E-state index is 0.641. The summed E-state index contributed by atoms with van der Waals surface area (Å²) in [4.78, 5) is 5.38. The van der Waals surface area contributed by atoms with E-state index in [4.69, 9.17) is 0 Å². The number of hydrogen-bond donors (Lipinski definition) is 0. The minimum atomic E-state index is 0.641. The van der Waals surface area contributed by atoms with Gasteiger partial charge in [-0.2, -0.15) is 0 Å². The van der Waals surface area contributed by atoms with E-state index in [1.54, 1.807) is 0 Å². The molecule has 0 spiro atoms. The molecule has 0 aromatic rings. The second-order valence-electron chi connectivity index (χ2n) is 12.9. The first-order chi connectivity index (χ1) is 19.3. The van der Waals surface area contributed by atoms with Crippen LogP contribution < -0.4 is 0 Å². The molecule has 39 heavy (non-hydrogen) atoms. The van der Waals surface area contributed by atoms with E-state index in [0.29, 0.717) is 6.17 Å². The van der Waals surface area contributed by atoms with Crippen LogP contribution in [0.4, 0.5) is 0 Å². The predicted molar refractivity (Wildman–Crippen MR) is 177 cm³/mol. The van der Waals surface area contributed by atoms with Crippen LogP contribution in [-0.4, -0.2) is 29.1 Å². The summed E-state index contributed by atoms with van der Waals surface area (Å²) >= 11 is 0. The fourth-order valence-electron chi connectivity index (χ4n) is 6.36. The van der Waals surface area contributed by atoms with Gasteiger partial charge in [0.2, 0.25) is 0 Å². The fourth-order valence-corrected chi connectivity index (χ4v) is 6.36. The van der Waals surface area contributed by atoms with E-state index in [2.05, 4.69) is 43.0 Å². The Morgan fingerprint density at radius 1 is 0.333 bits per heavy atom. The van der Waals surface area contributed by atoms with Crippen LogP contribution in [0, 0.1) is 0 Å². The number of nitrogens with zero attached hydrogens (tertiary/aromatic N) is 2. The number of rotatable bonds is 31. The Labute approximate surface area is 248 Å². The molecule has 0 N–H and O–H groups in total. The molecule has 0 saturated carbocycles. The van der Waals surface area contributed by atoms with Gasteiger partial charge in [0, 0.05) is 25.5 Å². The van der Waals surface area contributed by atoms with Crippen molar-refractivity contribution in [2.75, 3.05) is 13.1 Å². The average molecular weight is 547 g/mol. The summed E-state index contributed by atoms with van der Waals surface area (Å²) in [6.45, 7) is 9.48. The van der Waals surface area contributed by atoms with Crippen molar-refractivity contribution < 1.29 is 0 Å². The fraction of sp³-hybridized carbons (Fsp3) is 0.946. The second kappa shape index (κ2) is 28.9. The van der Waals surface area contributed by atoms with Crippen molar-refractivity contribution in [3.63, 3.8) is 0 Å². The molecule has 1 heterocycles. The van der Waals surface area contributed by atoms with Crippen molar-refractivity contribution in [3.05, 3.63) is 12.4 Å². The van der Waals surface area contributed by atoms with E-state index < -0.39 is 0 Å². The molecular formula is C37H74N2. The third kappa shape index (κ3) is 21.7. The molecule has 0 bridgehead atoms. The molecule has 1 unspecified atom stereocenters. The first-order valence-corrected chi connectivity index (χ1v) is 18.5. The Morgan fingerprint density at radius 2 is 0.590 bits per heavy atom. The van der Waals surface area contributed by atoms with E-state index in [-0.39, 0.29) is 0 Å². The zero-order valence-electron chi connectivity index (χ0n) is 27.5. The van der Waals surface area contributed by atoms with Crippen LogP contribution in [0.25, 0.3) is 0 Å². The highest BCUT2D eigenvalue weighted by atomic mass is 15.4. The van der Waals surface area contributed by atoms with Crippen molar-refractivity contribution in [3.8, 4) is 0 Å². The standard InChI is InChI=1S/C37H74N2/c1-4-7-10-13-15-17-18-19-20-21-22-23-24-26-28-31-34-39-36-35-38(37(39)32-29-12-9-6-3)33-30-27-25-16-14-11-8-5-2/h35-37H,4-34H2,1-3H3. The molecule has 2 heteroatoms. The molecule has 0 aliphatic carbocycles. The zero-order valence-corrected chi connectivity index (χ0v) is 27.5. The third-order valence-corrected chi connectivity index (χ3v) is 9.07. The van der Waals surface area contributed by atoms with E-state index in [9.17, 15) is 0 Å². The molecule has 0 aromatic heterocycles. The summed E-state index contributed by atoms with van der Waals surface area (Å²) < 4.78 is 0. The lowest BCUT2D eigenvalue weighted by atomic mass is 10.0. The smallest absolute Gasteiger partial charge is 0.101 e. The number of unbranched alkanes of at least 4 members (excludes halogenated alkanes) is 25. The third-order valence-electron chi connectivity index (χ3n) is 9.07. The molecule has 2 nitrogen and oxygen atoms in total. The molecule has 1 rings (SSSR count). The first kappa shape index (κ1) is 36.4.